The van der Waals surface area contributed by atoms with Gasteiger partial charge in [0.2, 0.25) is 0 Å². The van der Waals surface area contributed by atoms with Crippen LogP contribution in [0.25, 0.3) is 0 Å². The van der Waals surface area contributed by atoms with Gasteiger partial charge in [0.05, 0.1) is 17.6 Å². The molecule has 3 rings (SSSR count). The Morgan fingerprint density at radius 2 is 2.00 bits per heavy atom. The fraction of sp³-hybridized carbons (Fsp3) is 0.333. The van der Waals surface area contributed by atoms with Gasteiger partial charge in [-0.05, 0) is 43.3 Å². The number of hydrogen-bond acceptors (Lipinski definition) is 5. The van der Waals surface area contributed by atoms with Crippen molar-refractivity contribution < 1.29 is 13.2 Å². The smallest absolute Gasteiger partial charge is 0.271 e. The molecule has 1 N–H and O–H groups in total. The molecule has 0 spiro atoms. The van der Waals surface area contributed by atoms with Crippen LogP contribution in [0.1, 0.15) is 6.92 Å². The van der Waals surface area contributed by atoms with Gasteiger partial charge in [-0.15, -0.1) is 11.3 Å². The van der Waals surface area contributed by atoms with Crippen LogP contribution < -0.4 is 9.62 Å². The molecule has 1 atom stereocenters. The van der Waals surface area contributed by atoms with Crippen molar-refractivity contribution in [2.75, 3.05) is 29.4 Å². The second-order valence-corrected chi connectivity index (χ2v) is 8.95. The van der Waals surface area contributed by atoms with Crippen molar-refractivity contribution in [2.24, 2.45) is 0 Å². The molecule has 0 saturated carbocycles. The van der Waals surface area contributed by atoms with Crippen molar-refractivity contribution in [3.8, 4) is 0 Å². The zero-order valence-electron chi connectivity index (χ0n) is 12.5. The van der Waals surface area contributed by atoms with Gasteiger partial charge in [-0.1, -0.05) is 11.6 Å². The first kappa shape index (κ1) is 16.6. The summed E-state index contributed by atoms with van der Waals surface area (Å²) in [4.78, 5) is 2.25. The average Bonchev–Trinajstić information content (AvgIpc) is 2.96. The highest BCUT2D eigenvalue weighted by atomic mass is 35.5. The van der Waals surface area contributed by atoms with Crippen molar-refractivity contribution in [2.45, 2.75) is 17.2 Å². The Kier molecular flexibility index (Phi) is 4.82. The van der Waals surface area contributed by atoms with Gasteiger partial charge in [-0.2, -0.15) is 0 Å². The molecule has 1 aromatic carbocycles. The van der Waals surface area contributed by atoms with E-state index in [4.69, 9.17) is 16.3 Å². The van der Waals surface area contributed by atoms with Crippen molar-refractivity contribution in [3.63, 3.8) is 0 Å². The van der Waals surface area contributed by atoms with Gasteiger partial charge in [0.15, 0.2) is 0 Å². The maximum Gasteiger partial charge on any atom is 0.271 e. The number of thiophene rings is 1. The standard InChI is InChI=1S/C15H17ClN2O3S2/c1-11-10-21-9-8-18(11)13-4-2-12(3-5-13)17-23(19,20)15-7-6-14(16)22-15/h2-7,11,17H,8-10H2,1H3. The number of benzene rings is 1. The normalized spacial score (nSPS) is 18.9. The predicted octanol–water partition coefficient (Wildman–Crippen LogP) is 3.43. The Morgan fingerprint density at radius 3 is 2.61 bits per heavy atom. The van der Waals surface area contributed by atoms with E-state index in [-0.39, 0.29) is 4.21 Å². The van der Waals surface area contributed by atoms with E-state index in [1.807, 2.05) is 12.1 Å². The molecule has 1 unspecified atom stereocenters. The van der Waals surface area contributed by atoms with Crippen LogP contribution in [0.5, 0.6) is 0 Å². The van der Waals surface area contributed by atoms with Crippen molar-refractivity contribution in [1.82, 2.24) is 0 Å². The fourth-order valence-corrected chi connectivity index (χ4v) is 5.02. The van der Waals surface area contributed by atoms with E-state index in [0.717, 1.165) is 23.6 Å². The Bertz CT molecular complexity index is 774. The van der Waals surface area contributed by atoms with E-state index in [1.165, 1.54) is 6.07 Å². The third kappa shape index (κ3) is 3.80. The average molecular weight is 373 g/mol. The van der Waals surface area contributed by atoms with E-state index in [0.29, 0.717) is 29.3 Å². The van der Waals surface area contributed by atoms with E-state index < -0.39 is 10.0 Å². The first-order chi connectivity index (χ1) is 11.0. The van der Waals surface area contributed by atoms with E-state index >= 15 is 0 Å². The van der Waals surface area contributed by atoms with Crippen molar-refractivity contribution >= 4 is 44.3 Å². The van der Waals surface area contributed by atoms with Gasteiger partial charge >= 0.3 is 0 Å². The van der Waals surface area contributed by atoms with Crippen LogP contribution in [0, 0.1) is 0 Å². The summed E-state index contributed by atoms with van der Waals surface area (Å²) in [6.07, 6.45) is 0. The SMILES string of the molecule is CC1COCCN1c1ccc(NS(=O)(=O)c2ccc(Cl)s2)cc1. The zero-order valence-corrected chi connectivity index (χ0v) is 14.9. The summed E-state index contributed by atoms with van der Waals surface area (Å²) in [7, 11) is -3.59. The molecular formula is C15H17ClN2O3S2. The molecule has 0 amide bonds. The maximum atomic E-state index is 12.3. The van der Waals surface area contributed by atoms with Gasteiger partial charge in [0.25, 0.3) is 10.0 Å². The number of nitrogens with zero attached hydrogens (tertiary/aromatic N) is 1. The van der Waals surface area contributed by atoms with Gasteiger partial charge in [-0.25, -0.2) is 8.42 Å². The van der Waals surface area contributed by atoms with Crippen LogP contribution in [0.2, 0.25) is 4.34 Å². The summed E-state index contributed by atoms with van der Waals surface area (Å²) in [5.41, 5.74) is 1.59. The quantitative estimate of drug-likeness (QED) is 0.893. The molecule has 0 radical (unpaired) electrons. The van der Waals surface area contributed by atoms with Crippen LogP contribution in [0.15, 0.2) is 40.6 Å². The zero-order chi connectivity index (χ0) is 16.4. The van der Waals surface area contributed by atoms with Gasteiger partial charge < -0.3 is 9.64 Å². The van der Waals surface area contributed by atoms with E-state index in [1.54, 1.807) is 18.2 Å². The fourth-order valence-electron chi connectivity index (χ4n) is 2.48. The molecule has 124 valence electrons. The summed E-state index contributed by atoms with van der Waals surface area (Å²) >= 11 is 6.83. The lowest BCUT2D eigenvalue weighted by atomic mass is 10.2. The molecule has 2 heterocycles. The molecule has 23 heavy (non-hydrogen) atoms. The molecule has 8 heteroatoms. The van der Waals surface area contributed by atoms with Crippen molar-refractivity contribution in [3.05, 3.63) is 40.7 Å². The molecule has 2 aromatic rings. The number of nitrogens with one attached hydrogen (secondary N) is 1. The monoisotopic (exact) mass is 372 g/mol. The number of ether oxygens (including phenoxy) is 1. The third-order valence-electron chi connectivity index (χ3n) is 3.63. The van der Waals surface area contributed by atoms with Gasteiger partial charge in [-0.3, -0.25) is 4.72 Å². The minimum atomic E-state index is -3.59. The highest BCUT2D eigenvalue weighted by Crippen LogP contribution is 2.28. The van der Waals surface area contributed by atoms with Crippen LogP contribution in [-0.2, 0) is 14.8 Å². The number of anilines is 2. The number of halogens is 1. The third-order valence-corrected chi connectivity index (χ3v) is 6.74. The van der Waals surface area contributed by atoms with Gasteiger partial charge in [0.1, 0.15) is 4.21 Å². The number of morpholine rings is 1. The first-order valence-electron chi connectivity index (χ1n) is 7.18. The second kappa shape index (κ2) is 6.68. The van der Waals surface area contributed by atoms with E-state index in [9.17, 15) is 8.42 Å². The Labute approximate surface area is 144 Å². The summed E-state index contributed by atoms with van der Waals surface area (Å²) in [6.45, 7) is 4.35. The molecule has 1 aliphatic heterocycles. The first-order valence-corrected chi connectivity index (χ1v) is 9.86. The summed E-state index contributed by atoms with van der Waals surface area (Å²) in [5, 5.41) is 0. The molecular weight excluding hydrogens is 356 g/mol. The minimum Gasteiger partial charge on any atom is -0.377 e. The molecule has 0 bridgehead atoms. The van der Waals surface area contributed by atoms with E-state index in [2.05, 4.69) is 16.5 Å². The lowest BCUT2D eigenvalue weighted by Gasteiger charge is -2.35. The highest BCUT2D eigenvalue weighted by molar-refractivity contribution is 7.94. The predicted molar refractivity (Wildman–Crippen MR) is 94.2 cm³/mol. The van der Waals surface area contributed by atoms with Crippen molar-refractivity contribution in [1.29, 1.82) is 0 Å². The topological polar surface area (TPSA) is 58.6 Å². The Hall–Kier alpha value is -1.28. The summed E-state index contributed by atoms with van der Waals surface area (Å²) in [6, 6.07) is 10.7. The summed E-state index contributed by atoms with van der Waals surface area (Å²) in [5.74, 6) is 0. The van der Waals surface area contributed by atoms with Crippen LogP contribution in [0.3, 0.4) is 0 Å². The van der Waals surface area contributed by atoms with Crippen LogP contribution in [-0.4, -0.2) is 34.2 Å². The highest BCUT2D eigenvalue weighted by Gasteiger charge is 2.20. The number of sulfonamides is 1. The molecule has 1 aliphatic rings. The molecule has 1 saturated heterocycles. The number of rotatable bonds is 4. The summed E-state index contributed by atoms with van der Waals surface area (Å²) < 4.78 is 33.2. The minimum absolute atomic E-state index is 0.202. The van der Waals surface area contributed by atoms with Crippen LogP contribution in [0.4, 0.5) is 11.4 Å². The molecule has 0 aliphatic carbocycles. The van der Waals surface area contributed by atoms with Gasteiger partial charge in [0, 0.05) is 24.0 Å². The Morgan fingerprint density at radius 1 is 1.26 bits per heavy atom. The molecule has 1 fully saturated rings. The maximum absolute atomic E-state index is 12.3. The lowest BCUT2D eigenvalue weighted by Crippen LogP contribution is -2.43. The Balaban J connectivity index is 1.75. The lowest BCUT2D eigenvalue weighted by molar-refractivity contribution is 0.0989. The van der Waals surface area contributed by atoms with Crippen LogP contribution >= 0.6 is 22.9 Å². The number of hydrogen-bond donors (Lipinski definition) is 1. The molecule has 1 aromatic heterocycles. The largest absolute Gasteiger partial charge is 0.377 e. The second-order valence-electron chi connectivity index (χ2n) is 5.33. The molecule has 5 nitrogen and oxygen atoms in total.